The van der Waals surface area contributed by atoms with Crippen LogP contribution in [0.3, 0.4) is 0 Å². The number of rotatable bonds is 6. The van der Waals surface area contributed by atoms with Gasteiger partial charge in [-0.15, -0.1) is 0 Å². The lowest BCUT2D eigenvalue weighted by molar-refractivity contribution is -0.140. The van der Waals surface area contributed by atoms with Crippen LogP contribution in [0, 0.1) is 5.82 Å². The van der Waals surface area contributed by atoms with E-state index in [9.17, 15) is 19.1 Å². The van der Waals surface area contributed by atoms with Gasteiger partial charge in [-0.3, -0.25) is 9.59 Å². The molecule has 2 aromatic rings. The second kappa shape index (κ2) is 8.89. The number of hydrogen-bond donors (Lipinski definition) is 1. The van der Waals surface area contributed by atoms with Crippen molar-refractivity contribution in [3.63, 3.8) is 0 Å². The van der Waals surface area contributed by atoms with Gasteiger partial charge in [-0.2, -0.15) is 0 Å². The van der Waals surface area contributed by atoms with E-state index in [-0.39, 0.29) is 29.5 Å². The third-order valence-corrected chi connectivity index (χ3v) is 5.60. The molecule has 0 aromatic heterocycles. The van der Waals surface area contributed by atoms with E-state index in [1.54, 1.807) is 30.3 Å². The monoisotopic (exact) mass is 425 g/mol. The minimum absolute atomic E-state index is 0.128. The average molecular weight is 425 g/mol. The van der Waals surface area contributed by atoms with Crippen LogP contribution in [0.15, 0.2) is 54.1 Å². The Balaban J connectivity index is 1.79. The maximum absolute atomic E-state index is 14.8. The number of ether oxygens (including phenoxy) is 2. The molecule has 0 saturated carbocycles. The molecule has 2 fully saturated rings. The predicted octanol–water partition coefficient (Wildman–Crippen LogP) is 3.83. The van der Waals surface area contributed by atoms with Crippen LogP contribution in [-0.2, 0) is 14.3 Å². The van der Waals surface area contributed by atoms with Gasteiger partial charge in [-0.25, -0.2) is 4.39 Å². The number of ketones is 1. The molecule has 1 N–H and O–H groups in total. The summed E-state index contributed by atoms with van der Waals surface area (Å²) >= 11 is 0. The first-order chi connectivity index (χ1) is 15.0. The van der Waals surface area contributed by atoms with Gasteiger partial charge in [0.2, 0.25) is 0 Å². The third-order valence-electron chi connectivity index (χ3n) is 5.60. The Kier molecular flexibility index (Phi) is 6.04. The van der Waals surface area contributed by atoms with Gasteiger partial charge in [0.1, 0.15) is 17.3 Å². The number of Topliss-reactive ketones (excluding diaryl/α,β-unsaturated/α-hetero) is 1. The fraction of sp³-hybridized carbons (Fsp3) is 0.333. The summed E-state index contributed by atoms with van der Waals surface area (Å²) < 4.78 is 25.8. The van der Waals surface area contributed by atoms with Gasteiger partial charge in [0.05, 0.1) is 24.3 Å². The van der Waals surface area contributed by atoms with Gasteiger partial charge in [0.15, 0.2) is 0 Å². The number of aliphatic hydroxyl groups excluding tert-OH is 1. The second-order valence-corrected chi connectivity index (χ2v) is 7.57. The second-order valence-electron chi connectivity index (χ2n) is 7.57. The van der Waals surface area contributed by atoms with Crippen molar-refractivity contribution in [2.24, 2.45) is 0 Å². The lowest BCUT2D eigenvalue weighted by Crippen LogP contribution is -2.36. The number of carbonyl (C=O) groups is 2. The molecule has 2 aromatic carbocycles. The molecule has 4 rings (SSSR count). The highest BCUT2D eigenvalue weighted by molar-refractivity contribution is 6.46. The van der Waals surface area contributed by atoms with Gasteiger partial charge in [0.25, 0.3) is 11.7 Å². The quantitative estimate of drug-likeness (QED) is 0.433. The van der Waals surface area contributed by atoms with Crippen LogP contribution in [0.1, 0.15) is 36.9 Å². The van der Waals surface area contributed by atoms with Gasteiger partial charge < -0.3 is 19.5 Å². The van der Waals surface area contributed by atoms with E-state index >= 15 is 0 Å². The number of aliphatic hydroxyl groups is 1. The lowest BCUT2D eigenvalue weighted by Gasteiger charge is -2.27. The fourth-order valence-electron chi connectivity index (χ4n) is 4.13. The zero-order chi connectivity index (χ0) is 22.0. The van der Waals surface area contributed by atoms with Crippen molar-refractivity contribution >= 4 is 17.4 Å². The van der Waals surface area contributed by atoms with Crippen molar-refractivity contribution in [1.82, 2.24) is 4.90 Å². The Labute approximate surface area is 179 Å². The van der Waals surface area contributed by atoms with Crippen LogP contribution >= 0.6 is 0 Å². The zero-order valence-electron chi connectivity index (χ0n) is 17.2. The van der Waals surface area contributed by atoms with Crippen molar-refractivity contribution in [3.8, 4) is 5.75 Å². The Hall–Kier alpha value is -3.19. The summed E-state index contributed by atoms with van der Waals surface area (Å²) in [5, 5.41) is 11.0. The van der Waals surface area contributed by atoms with Gasteiger partial charge in [-0.1, -0.05) is 18.2 Å². The number of nitrogens with zero attached hydrogens (tertiary/aromatic N) is 1. The summed E-state index contributed by atoms with van der Waals surface area (Å²) in [7, 11) is 0. The van der Waals surface area contributed by atoms with Gasteiger partial charge in [0, 0.05) is 24.3 Å². The van der Waals surface area contributed by atoms with Crippen LogP contribution in [0.25, 0.3) is 5.76 Å². The summed E-state index contributed by atoms with van der Waals surface area (Å²) in [6, 6.07) is 11.5. The molecule has 31 heavy (non-hydrogen) atoms. The first kappa shape index (κ1) is 21.1. The Morgan fingerprint density at radius 3 is 2.58 bits per heavy atom. The Bertz CT molecular complexity index is 1010. The number of halogens is 1. The number of likely N-dealkylation sites (tertiary alicyclic amines) is 1. The molecular formula is C24H24FNO5. The number of hydrogen-bond acceptors (Lipinski definition) is 5. The van der Waals surface area contributed by atoms with Crippen LogP contribution in [0.4, 0.5) is 4.39 Å². The van der Waals surface area contributed by atoms with Crippen molar-refractivity contribution < 1.29 is 28.6 Å². The highest BCUT2D eigenvalue weighted by Crippen LogP contribution is 2.41. The molecule has 162 valence electrons. The van der Waals surface area contributed by atoms with E-state index < -0.39 is 23.5 Å². The van der Waals surface area contributed by atoms with Crippen LogP contribution in [-0.4, -0.2) is 47.6 Å². The first-order valence-electron chi connectivity index (χ1n) is 10.4. The third kappa shape index (κ3) is 4.05. The Morgan fingerprint density at radius 2 is 1.94 bits per heavy atom. The standard InChI is InChI=1S/C24H24FNO5/c1-2-30-16-11-9-15(10-12-16)22(27)20-21(18-7-3-4-8-19(18)25)26(24(29)23(20)28)14-17-6-5-13-31-17/h3-4,7-12,17,21,27H,2,5-6,13-14H2,1H3/t17-,21-/m0/s1. The number of carbonyl (C=O) groups excluding carboxylic acids is 2. The average Bonchev–Trinajstić information content (AvgIpc) is 3.37. The van der Waals surface area contributed by atoms with Crippen LogP contribution in [0.5, 0.6) is 5.75 Å². The molecule has 2 saturated heterocycles. The first-order valence-corrected chi connectivity index (χ1v) is 10.4. The predicted molar refractivity (Wildman–Crippen MR) is 112 cm³/mol. The fourth-order valence-corrected chi connectivity index (χ4v) is 4.13. The molecule has 2 aliphatic heterocycles. The summed E-state index contributed by atoms with van der Waals surface area (Å²) in [4.78, 5) is 27.2. The summed E-state index contributed by atoms with van der Waals surface area (Å²) in [5.74, 6) is -1.88. The maximum Gasteiger partial charge on any atom is 0.295 e. The molecule has 1 amide bonds. The smallest absolute Gasteiger partial charge is 0.295 e. The molecule has 2 aliphatic rings. The maximum atomic E-state index is 14.8. The van der Waals surface area contributed by atoms with Crippen molar-refractivity contribution in [1.29, 1.82) is 0 Å². The molecule has 2 heterocycles. The minimum Gasteiger partial charge on any atom is -0.507 e. The van der Waals surface area contributed by atoms with Gasteiger partial charge >= 0.3 is 0 Å². The summed E-state index contributed by atoms with van der Waals surface area (Å²) in [5.41, 5.74) is 0.379. The topological polar surface area (TPSA) is 76.1 Å². The van der Waals surface area contributed by atoms with E-state index in [4.69, 9.17) is 9.47 Å². The van der Waals surface area contributed by atoms with Crippen LogP contribution < -0.4 is 4.74 Å². The van der Waals surface area contributed by atoms with E-state index in [1.165, 1.54) is 23.1 Å². The molecular weight excluding hydrogens is 401 g/mol. The van der Waals surface area contributed by atoms with E-state index in [2.05, 4.69) is 0 Å². The molecule has 2 atom stereocenters. The zero-order valence-corrected chi connectivity index (χ0v) is 17.2. The minimum atomic E-state index is -1.03. The molecule has 0 unspecified atom stereocenters. The number of amides is 1. The Morgan fingerprint density at radius 1 is 1.19 bits per heavy atom. The highest BCUT2D eigenvalue weighted by Gasteiger charge is 2.47. The molecule has 0 radical (unpaired) electrons. The van der Waals surface area contributed by atoms with Crippen molar-refractivity contribution in [3.05, 3.63) is 71.0 Å². The summed E-state index contributed by atoms with van der Waals surface area (Å²) in [6.07, 6.45) is 1.40. The molecule has 0 bridgehead atoms. The van der Waals surface area contributed by atoms with Crippen LogP contribution in [0.2, 0.25) is 0 Å². The molecule has 6 nitrogen and oxygen atoms in total. The molecule has 0 spiro atoms. The highest BCUT2D eigenvalue weighted by atomic mass is 19.1. The van der Waals surface area contributed by atoms with Crippen molar-refractivity contribution in [2.45, 2.75) is 31.9 Å². The largest absolute Gasteiger partial charge is 0.507 e. The molecule has 0 aliphatic carbocycles. The molecule has 7 heteroatoms. The number of benzene rings is 2. The van der Waals surface area contributed by atoms with E-state index in [1.807, 2.05) is 6.92 Å². The van der Waals surface area contributed by atoms with Crippen molar-refractivity contribution in [2.75, 3.05) is 19.8 Å². The normalized spacial score (nSPS) is 22.8. The summed E-state index contributed by atoms with van der Waals surface area (Å²) in [6.45, 7) is 3.10. The van der Waals surface area contributed by atoms with E-state index in [0.29, 0.717) is 24.5 Å². The SMILES string of the molecule is CCOc1ccc(C(O)=C2C(=O)C(=O)N(C[C@@H]3CCCO3)[C@H]2c2ccccc2F)cc1. The van der Waals surface area contributed by atoms with Gasteiger partial charge in [-0.05, 0) is 50.1 Å². The lowest BCUT2D eigenvalue weighted by atomic mass is 9.94. The van der Waals surface area contributed by atoms with E-state index in [0.717, 1.165) is 12.8 Å².